The third-order valence-corrected chi connectivity index (χ3v) is 0. The minimum Gasteiger partial charge on any atom is -0.358 e. The van der Waals surface area contributed by atoms with Gasteiger partial charge in [-0.3, -0.25) is 0 Å². The van der Waals surface area contributed by atoms with E-state index in [1.807, 2.05) is 0 Å². The molecule has 0 rings (SSSR count). The van der Waals surface area contributed by atoms with Gasteiger partial charge < -0.3 is 7.43 Å². The minimum absolute atomic E-state index is 0. The van der Waals surface area contributed by atoms with Crippen molar-refractivity contribution in [2.75, 3.05) is 0 Å². The van der Waals surface area contributed by atoms with Crippen molar-refractivity contribution >= 4 is 0 Å². The molecule has 0 heterocycles. The van der Waals surface area contributed by atoms with Crippen LogP contribution in [0.4, 0.5) is 0 Å². The molecule has 0 saturated heterocycles. The van der Waals surface area contributed by atoms with Crippen LogP contribution in [0.15, 0.2) is 0 Å². The Bertz CT molecular complexity index is 3.90. The molecule has 0 atom stereocenters. The van der Waals surface area contributed by atoms with E-state index in [4.69, 9.17) is 0 Å². The maximum atomic E-state index is 0. The molecule has 0 aliphatic heterocycles. The molecule has 5 radical (unpaired) electrons. The number of hydrogen-bond donors (Lipinski definition) is 0. The maximum absolute atomic E-state index is 0. The Morgan fingerprint density at radius 3 is 0.333 bits per heavy atom. The quantitative estimate of drug-likeness (QED) is 0.462. The van der Waals surface area contributed by atoms with Gasteiger partial charge in [0.2, 0.25) is 0 Å². The normalized spacial score (nSPS) is 0. The average Bonchev–Trinajstić information content (AvgIpc) is 0. The molecule has 0 aromatic rings. The molecule has 0 bridgehead atoms. The van der Waals surface area contributed by atoms with Crippen molar-refractivity contribution in [3.8, 4) is 0 Å². The van der Waals surface area contributed by atoms with Crippen LogP contribution in [0.1, 0.15) is 0 Å². The van der Waals surface area contributed by atoms with Crippen LogP contribution in [0.5, 0.6) is 0 Å². The van der Waals surface area contributed by atoms with Crippen LogP contribution in [0, 0.1) is 7.43 Å². The maximum Gasteiger partial charge on any atom is 0 e. The molecule has 0 aromatic heterocycles. The van der Waals surface area contributed by atoms with E-state index in [1.165, 1.54) is 0 Å². The van der Waals surface area contributed by atoms with Crippen molar-refractivity contribution in [2.24, 2.45) is 0 Å². The Labute approximate surface area is 166 Å². The van der Waals surface area contributed by atoms with Gasteiger partial charge in [0.25, 0.3) is 0 Å². The van der Waals surface area contributed by atoms with Gasteiger partial charge in [0, 0.05) is 164 Å². The van der Waals surface area contributed by atoms with Gasteiger partial charge >= 0.3 is 0 Å². The summed E-state index contributed by atoms with van der Waals surface area (Å²) in [5.41, 5.74) is 0. The predicted molar refractivity (Wildman–Crippen MR) is 6.41 cm³/mol. The molecule has 0 unspecified atom stereocenters. The average molecular weight is 460 g/mol. The van der Waals surface area contributed by atoms with Crippen molar-refractivity contribution in [2.45, 2.75) is 0 Å². The first kappa shape index (κ1) is 41.8. The van der Waals surface area contributed by atoms with E-state index in [0.29, 0.717) is 0 Å². The Balaban J connectivity index is 0. The molecule has 0 N–H and O–H groups in total. The van der Waals surface area contributed by atoms with E-state index in [2.05, 4.69) is 0 Å². The summed E-state index contributed by atoms with van der Waals surface area (Å²) in [6, 6.07) is 0. The van der Waals surface area contributed by atoms with Crippen molar-refractivity contribution in [3.05, 3.63) is 7.43 Å². The smallest absolute Gasteiger partial charge is 0 e. The summed E-state index contributed by atoms with van der Waals surface area (Å²) in [6.45, 7) is 0. The summed E-state index contributed by atoms with van der Waals surface area (Å²) >= 11 is 0. The zero-order chi connectivity index (χ0) is 0. The summed E-state index contributed by atoms with van der Waals surface area (Å²) in [7, 11) is 0. The Kier molecular flexibility index (Phi) is 218. The molecule has 0 aliphatic carbocycles. The summed E-state index contributed by atoms with van der Waals surface area (Å²) in [6.07, 6.45) is 0. The molecule has 0 nitrogen and oxygen atoms in total. The third kappa shape index (κ3) is 22.7. The molecule has 0 saturated carbocycles. The van der Waals surface area contributed by atoms with Gasteiger partial charge in [-0.15, -0.1) is 0 Å². The summed E-state index contributed by atoms with van der Waals surface area (Å²) in [5, 5.41) is 0. The van der Waals surface area contributed by atoms with Crippen molar-refractivity contribution in [3.63, 3.8) is 0 Å². The first-order valence-electron chi connectivity index (χ1n) is 0. The van der Waals surface area contributed by atoms with E-state index in [0.717, 1.165) is 0 Å². The second kappa shape index (κ2) is 31.3. The zero-order valence-electron chi connectivity index (χ0n) is 3.89. The fraction of sp³-hybridized carbons (Fsp3) is 0. The molecule has 0 fully saturated rings. The van der Waals surface area contributed by atoms with Gasteiger partial charge in [-0.2, -0.15) is 0 Å². The fourth-order valence-corrected chi connectivity index (χ4v) is 0. The van der Waals surface area contributed by atoms with Gasteiger partial charge in [0.15, 0.2) is 0 Å². The van der Waals surface area contributed by atoms with E-state index in [9.17, 15) is 0 Å². The number of rotatable bonds is 0. The third-order valence-electron chi connectivity index (χ3n) is 0. The summed E-state index contributed by atoms with van der Waals surface area (Å²) in [5.74, 6) is 0. The van der Waals surface area contributed by atoms with Crippen LogP contribution < -0.4 is 0 Å². The minimum atomic E-state index is 0. The Morgan fingerprint density at radius 2 is 0.333 bits per heavy atom. The van der Waals surface area contributed by atoms with Gasteiger partial charge in [0.1, 0.15) is 0 Å². The van der Waals surface area contributed by atoms with Crippen LogP contribution in [0.2, 0.25) is 0 Å². The number of hydrogen-bond acceptors (Lipinski definition) is 0. The molecule has 0 spiro atoms. The monoisotopic (exact) mass is 460 g/mol. The molecule has 23 valence electrons. The summed E-state index contributed by atoms with van der Waals surface area (Å²) in [4.78, 5) is 0. The van der Waals surface area contributed by atoms with Crippen molar-refractivity contribution in [1.29, 1.82) is 0 Å². The molecular formula is CH3Y5-. The van der Waals surface area contributed by atoms with Crippen molar-refractivity contribution < 1.29 is 164 Å². The Hall–Kier alpha value is 5.52. The molecule has 6 heavy (non-hydrogen) atoms. The van der Waals surface area contributed by atoms with Crippen molar-refractivity contribution in [1.82, 2.24) is 0 Å². The summed E-state index contributed by atoms with van der Waals surface area (Å²) < 4.78 is 0. The molecule has 5 heteroatoms. The van der Waals surface area contributed by atoms with Gasteiger partial charge in [0.05, 0.1) is 0 Å². The molecular weight excluding hydrogens is 457 g/mol. The van der Waals surface area contributed by atoms with Gasteiger partial charge in [-0.25, -0.2) is 0 Å². The largest absolute Gasteiger partial charge is 0.358 e. The van der Waals surface area contributed by atoms with Crippen LogP contribution in [-0.4, -0.2) is 0 Å². The first-order valence-corrected chi connectivity index (χ1v) is 0. The van der Waals surface area contributed by atoms with E-state index in [1.54, 1.807) is 0 Å². The van der Waals surface area contributed by atoms with Crippen LogP contribution >= 0.6 is 0 Å². The molecule has 0 amide bonds. The first-order chi connectivity index (χ1) is 0. The van der Waals surface area contributed by atoms with E-state index in [-0.39, 0.29) is 171 Å². The van der Waals surface area contributed by atoms with Crippen LogP contribution in [0.25, 0.3) is 0 Å². The Morgan fingerprint density at radius 1 is 0.333 bits per heavy atom. The fourth-order valence-electron chi connectivity index (χ4n) is 0. The van der Waals surface area contributed by atoms with Crippen LogP contribution in [0.3, 0.4) is 0 Å². The topological polar surface area (TPSA) is 0 Å². The second-order valence-electron chi connectivity index (χ2n) is 0. The van der Waals surface area contributed by atoms with Gasteiger partial charge in [-0.1, -0.05) is 0 Å². The van der Waals surface area contributed by atoms with E-state index < -0.39 is 0 Å². The predicted octanol–water partition coefficient (Wildman–Crippen LogP) is 0.438. The zero-order valence-corrected chi connectivity index (χ0v) is 18.1. The molecule has 0 aromatic carbocycles. The van der Waals surface area contributed by atoms with Gasteiger partial charge in [-0.05, 0) is 0 Å². The van der Waals surface area contributed by atoms with Crippen LogP contribution in [-0.2, 0) is 164 Å². The standard InChI is InChI=1S/CH3.5Y/h1H3;;;;;/q-1;;;;;. The second-order valence-corrected chi connectivity index (χ2v) is 0. The molecule has 0 aliphatic rings. The SMILES string of the molecule is [CH3-].[Y].[Y].[Y].[Y].[Y]. The van der Waals surface area contributed by atoms with E-state index >= 15 is 0 Å².